The van der Waals surface area contributed by atoms with Crippen molar-refractivity contribution in [1.29, 1.82) is 0 Å². The van der Waals surface area contributed by atoms with Gasteiger partial charge >= 0.3 is 0 Å². The Morgan fingerprint density at radius 3 is 2.69 bits per heavy atom. The van der Waals surface area contributed by atoms with Crippen molar-refractivity contribution in [2.75, 3.05) is 5.75 Å². The first kappa shape index (κ1) is 17.7. The van der Waals surface area contributed by atoms with Gasteiger partial charge in [0.1, 0.15) is 11.6 Å². The van der Waals surface area contributed by atoms with E-state index in [0.717, 1.165) is 11.5 Å². The molecule has 1 aromatic heterocycles. The maximum Gasteiger partial charge on any atom is 0.250 e. The highest BCUT2D eigenvalue weighted by Gasteiger charge is 2.12. The standard InChI is InChI=1S/C18H17N5O2S/c1-13-20-22-18(23(13)15-8-3-2-4-9-15)26-12-17(25)21-19-11-14-7-5-6-10-16(14)24/h2-11,24H,12H2,1H3,(H,21,25)/b19-11+. The normalized spacial score (nSPS) is 11.0. The van der Waals surface area contributed by atoms with Gasteiger partial charge in [-0.05, 0) is 31.2 Å². The van der Waals surface area contributed by atoms with E-state index in [2.05, 4.69) is 20.7 Å². The average molecular weight is 367 g/mol. The summed E-state index contributed by atoms with van der Waals surface area (Å²) in [6, 6.07) is 16.5. The number of thioether (sulfide) groups is 1. The Hall–Kier alpha value is -3.13. The van der Waals surface area contributed by atoms with Gasteiger partial charge in [-0.3, -0.25) is 9.36 Å². The number of rotatable bonds is 6. The van der Waals surface area contributed by atoms with Gasteiger partial charge in [-0.25, -0.2) is 5.43 Å². The van der Waals surface area contributed by atoms with E-state index in [1.807, 2.05) is 41.8 Å². The molecule has 0 fully saturated rings. The number of hydrogen-bond acceptors (Lipinski definition) is 6. The van der Waals surface area contributed by atoms with Crippen LogP contribution in [-0.4, -0.2) is 37.7 Å². The zero-order valence-corrected chi connectivity index (χ0v) is 14.8. The molecule has 2 N–H and O–H groups in total. The highest BCUT2D eigenvalue weighted by atomic mass is 32.2. The summed E-state index contributed by atoms with van der Waals surface area (Å²) >= 11 is 1.27. The molecule has 1 amide bonds. The summed E-state index contributed by atoms with van der Waals surface area (Å²) in [6.45, 7) is 1.86. The van der Waals surface area contributed by atoms with E-state index in [4.69, 9.17) is 0 Å². The van der Waals surface area contributed by atoms with Crippen LogP contribution < -0.4 is 5.43 Å². The fourth-order valence-electron chi connectivity index (χ4n) is 2.24. The number of phenolic OH excluding ortho intramolecular Hbond substituents is 1. The minimum atomic E-state index is -0.276. The fourth-order valence-corrected chi connectivity index (χ4v) is 3.03. The molecule has 2 aromatic carbocycles. The van der Waals surface area contributed by atoms with Crippen molar-refractivity contribution < 1.29 is 9.90 Å². The monoisotopic (exact) mass is 367 g/mol. The first-order valence-corrected chi connectivity index (χ1v) is 8.84. The van der Waals surface area contributed by atoms with Gasteiger partial charge in [0.2, 0.25) is 0 Å². The van der Waals surface area contributed by atoms with Crippen LogP contribution >= 0.6 is 11.8 Å². The topological polar surface area (TPSA) is 92.4 Å². The Morgan fingerprint density at radius 1 is 1.19 bits per heavy atom. The Labute approximate surface area is 154 Å². The van der Waals surface area contributed by atoms with Crippen molar-refractivity contribution in [2.24, 2.45) is 5.10 Å². The summed E-state index contributed by atoms with van der Waals surface area (Å²) in [5.41, 5.74) is 3.90. The van der Waals surface area contributed by atoms with E-state index >= 15 is 0 Å². The van der Waals surface area contributed by atoms with E-state index in [1.54, 1.807) is 24.3 Å². The van der Waals surface area contributed by atoms with Gasteiger partial charge in [0.25, 0.3) is 5.91 Å². The molecule has 3 aromatic rings. The van der Waals surface area contributed by atoms with Crippen molar-refractivity contribution in [3.05, 3.63) is 66.0 Å². The number of phenols is 1. The van der Waals surface area contributed by atoms with Crippen molar-refractivity contribution in [3.63, 3.8) is 0 Å². The molecule has 0 aliphatic rings. The predicted octanol–water partition coefficient (Wildman–Crippen LogP) is 2.52. The molecule has 0 spiro atoms. The van der Waals surface area contributed by atoms with Gasteiger partial charge in [-0.15, -0.1) is 10.2 Å². The summed E-state index contributed by atoms with van der Waals surface area (Å²) in [6.07, 6.45) is 1.40. The third kappa shape index (κ3) is 4.28. The molecule has 1 heterocycles. The van der Waals surface area contributed by atoms with E-state index in [1.165, 1.54) is 18.0 Å². The van der Waals surface area contributed by atoms with Crippen molar-refractivity contribution in [3.8, 4) is 11.4 Å². The number of nitrogens with zero attached hydrogens (tertiary/aromatic N) is 4. The number of carbonyl (C=O) groups excluding carboxylic acids is 1. The molecule has 132 valence electrons. The smallest absolute Gasteiger partial charge is 0.250 e. The van der Waals surface area contributed by atoms with Gasteiger partial charge in [-0.2, -0.15) is 5.10 Å². The number of aromatic hydroxyl groups is 1. The van der Waals surface area contributed by atoms with Gasteiger partial charge < -0.3 is 5.11 Å². The van der Waals surface area contributed by atoms with E-state index in [0.29, 0.717) is 10.7 Å². The summed E-state index contributed by atoms with van der Waals surface area (Å²) in [5.74, 6) is 0.716. The first-order chi connectivity index (χ1) is 12.6. The van der Waals surface area contributed by atoms with Crippen LogP contribution in [0.3, 0.4) is 0 Å². The van der Waals surface area contributed by atoms with Crippen LogP contribution in [0.25, 0.3) is 5.69 Å². The summed E-state index contributed by atoms with van der Waals surface area (Å²) in [7, 11) is 0. The number of hydrazone groups is 1. The van der Waals surface area contributed by atoms with Crippen LogP contribution in [0.4, 0.5) is 0 Å². The Kier molecular flexibility index (Phi) is 5.65. The maximum atomic E-state index is 12.0. The van der Waals surface area contributed by atoms with Crippen molar-refractivity contribution in [2.45, 2.75) is 12.1 Å². The number of hydrogen-bond donors (Lipinski definition) is 2. The molecular formula is C18H17N5O2S. The number of aryl methyl sites for hydroxylation is 1. The van der Waals surface area contributed by atoms with Gasteiger partial charge in [0, 0.05) is 11.3 Å². The van der Waals surface area contributed by atoms with Gasteiger partial charge in [-0.1, -0.05) is 42.1 Å². The molecule has 0 radical (unpaired) electrons. The average Bonchev–Trinajstić information content (AvgIpc) is 3.03. The van der Waals surface area contributed by atoms with Crippen LogP contribution in [0.5, 0.6) is 5.75 Å². The van der Waals surface area contributed by atoms with Crippen LogP contribution in [0.15, 0.2) is 64.9 Å². The molecule has 26 heavy (non-hydrogen) atoms. The lowest BCUT2D eigenvalue weighted by Crippen LogP contribution is -2.20. The molecule has 0 saturated carbocycles. The molecule has 3 rings (SSSR count). The number of aromatic nitrogens is 3. The summed E-state index contributed by atoms with van der Waals surface area (Å²) in [4.78, 5) is 12.0. The SMILES string of the molecule is Cc1nnc(SCC(=O)N/N=C/c2ccccc2O)n1-c1ccccc1. The molecule has 0 aliphatic heterocycles. The lowest BCUT2D eigenvalue weighted by Gasteiger charge is -2.07. The van der Waals surface area contributed by atoms with Crippen molar-refractivity contribution in [1.82, 2.24) is 20.2 Å². The minimum absolute atomic E-state index is 0.103. The Balaban J connectivity index is 1.60. The molecule has 0 bridgehead atoms. The molecule has 0 aliphatic carbocycles. The summed E-state index contributed by atoms with van der Waals surface area (Å²) < 4.78 is 1.89. The third-order valence-corrected chi connectivity index (χ3v) is 4.40. The number of nitrogens with one attached hydrogen (secondary N) is 1. The molecule has 8 heteroatoms. The second-order valence-electron chi connectivity index (χ2n) is 5.34. The summed E-state index contributed by atoms with van der Waals surface area (Å²) in [5, 5.41) is 22.3. The largest absolute Gasteiger partial charge is 0.507 e. The predicted molar refractivity (Wildman–Crippen MR) is 101 cm³/mol. The quantitative estimate of drug-likeness (QED) is 0.397. The molecule has 7 nitrogen and oxygen atoms in total. The number of amides is 1. The van der Waals surface area contributed by atoms with E-state index < -0.39 is 0 Å². The highest BCUT2D eigenvalue weighted by Crippen LogP contribution is 2.21. The van der Waals surface area contributed by atoms with E-state index in [9.17, 15) is 9.90 Å². The van der Waals surface area contributed by atoms with Gasteiger partial charge in [0.05, 0.1) is 12.0 Å². The number of benzene rings is 2. The van der Waals surface area contributed by atoms with Crippen LogP contribution in [0, 0.1) is 6.92 Å². The number of para-hydroxylation sites is 2. The van der Waals surface area contributed by atoms with Crippen LogP contribution in [0.2, 0.25) is 0 Å². The first-order valence-electron chi connectivity index (χ1n) is 7.85. The number of carbonyl (C=O) groups is 1. The van der Waals surface area contributed by atoms with Gasteiger partial charge in [0.15, 0.2) is 5.16 Å². The zero-order valence-electron chi connectivity index (χ0n) is 14.0. The van der Waals surface area contributed by atoms with Crippen LogP contribution in [-0.2, 0) is 4.79 Å². The Morgan fingerprint density at radius 2 is 1.92 bits per heavy atom. The molecule has 0 saturated heterocycles. The fraction of sp³-hybridized carbons (Fsp3) is 0.111. The Bertz CT molecular complexity index is 924. The lowest BCUT2D eigenvalue weighted by atomic mass is 10.2. The second kappa shape index (κ2) is 8.30. The van der Waals surface area contributed by atoms with E-state index in [-0.39, 0.29) is 17.4 Å². The highest BCUT2D eigenvalue weighted by molar-refractivity contribution is 7.99. The lowest BCUT2D eigenvalue weighted by molar-refractivity contribution is -0.118. The molecule has 0 unspecified atom stereocenters. The molecular weight excluding hydrogens is 350 g/mol. The molecule has 0 atom stereocenters. The minimum Gasteiger partial charge on any atom is -0.507 e. The van der Waals surface area contributed by atoms with Crippen molar-refractivity contribution >= 4 is 23.9 Å². The maximum absolute atomic E-state index is 12.0. The van der Waals surface area contributed by atoms with Crippen LogP contribution in [0.1, 0.15) is 11.4 Å². The second-order valence-corrected chi connectivity index (χ2v) is 6.28. The third-order valence-electron chi connectivity index (χ3n) is 3.47. The zero-order chi connectivity index (χ0) is 18.4.